The Morgan fingerprint density at radius 1 is 1.17 bits per heavy atom. The van der Waals surface area contributed by atoms with Crippen molar-refractivity contribution in [1.29, 1.82) is 0 Å². The van der Waals surface area contributed by atoms with Crippen LogP contribution in [0.1, 0.15) is 65.2 Å². The van der Waals surface area contributed by atoms with Gasteiger partial charge >= 0.3 is 11.9 Å². The van der Waals surface area contributed by atoms with E-state index in [1.165, 1.54) is 38.3 Å². The third-order valence-corrected chi connectivity index (χ3v) is 5.91. The van der Waals surface area contributed by atoms with Crippen molar-refractivity contribution in [2.24, 2.45) is 5.41 Å². The van der Waals surface area contributed by atoms with Crippen LogP contribution in [-0.2, 0) is 19.1 Å². The van der Waals surface area contributed by atoms with Gasteiger partial charge in [0, 0.05) is 12.7 Å². The molecule has 1 aromatic heterocycles. The summed E-state index contributed by atoms with van der Waals surface area (Å²) in [5.74, 6) is -1.18. The maximum Gasteiger partial charge on any atom is 0.397 e. The third kappa shape index (κ3) is 5.92. The summed E-state index contributed by atoms with van der Waals surface area (Å²) in [5, 5.41) is 2.46. The van der Waals surface area contributed by atoms with Crippen LogP contribution in [0.5, 0.6) is 5.88 Å². The Morgan fingerprint density at radius 2 is 1.93 bits per heavy atom. The van der Waals surface area contributed by atoms with Crippen molar-refractivity contribution in [3.63, 3.8) is 0 Å². The molecule has 0 atom stereocenters. The fourth-order valence-corrected chi connectivity index (χ4v) is 4.22. The van der Waals surface area contributed by atoms with Crippen LogP contribution in [0.3, 0.4) is 0 Å². The number of carbonyl (C=O) groups excluding carboxylic acids is 2. The molecule has 1 amide bonds. The van der Waals surface area contributed by atoms with E-state index in [1.807, 2.05) is 0 Å². The van der Waals surface area contributed by atoms with Crippen LogP contribution in [0.2, 0.25) is 0 Å². The number of esters is 1. The fourth-order valence-electron chi connectivity index (χ4n) is 4.22. The van der Waals surface area contributed by atoms with Gasteiger partial charge < -0.3 is 19.5 Å². The Bertz CT molecular complexity index is 675. The van der Waals surface area contributed by atoms with Crippen LogP contribution in [0, 0.1) is 5.41 Å². The van der Waals surface area contributed by atoms with E-state index in [0.717, 1.165) is 25.9 Å². The molecule has 0 aromatic carbocycles. The highest BCUT2D eigenvalue weighted by molar-refractivity contribution is 6.37. The van der Waals surface area contributed by atoms with E-state index < -0.39 is 11.9 Å². The minimum Gasteiger partial charge on any atom is -0.474 e. The predicted octanol–water partition coefficient (Wildman–Crippen LogP) is 3.87. The molecule has 1 N–H and O–H groups in total. The number of amides is 1. The van der Waals surface area contributed by atoms with Crippen LogP contribution in [0.15, 0.2) is 18.3 Å². The van der Waals surface area contributed by atoms with Gasteiger partial charge in [-0.15, -0.1) is 0 Å². The summed E-state index contributed by atoms with van der Waals surface area (Å²) in [4.78, 5) is 27.2. The molecule has 2 aliphatic carbocycles. The quantitative estimate of drug-likeness (QED) is 0.402. The molecule has 1 spiro atoms. The molecule has 0 radical (unpaired) electrons. The molecule has 3 rings (SSSR count). The highest BCUT2D eigenvalue weighted by atomic mass is 16.5. The molecular formula is C22H32N2O5. The second kappa shape index (κ2) is 10.1. The van der Waals surface area contributed by atoms with Crippen molar-refractivity contribution in [2.45, 2.75) is 77.4 Å². The summed E-state index contributed by atoms with van der Waals surface area (Å²) in [6, 6.07) is 3.39. The number of ether oxygens (including phenoxy) is 3. The van der Waals surface area contributed by atoms with E-state index in [1.54, 1.807) is 19.1 Å². The Hall–Kier alpha value is -2.15. The number of nitrogens with zero attached hydrogens (tertiary/aromatic N) is 1. The van der Waals surface area contributed by atoms with Crippen molar-refractivity contribution in [1.82, 2.24) is 4.98 Å². The van der Waals surface area contributed by atoms with E-state index in [9.17, 15) is 9.59 Å². The van der Waals surface area contributed by atoms with Gasteiger partial charge in [0.1, 0.15) is 6.10 Å². The number of hydrogen-bond acceptors (Lipinski definition) is 6. The van der Waals surface area contributed by atoms with Crippen molar-refractivity contribution in [2.75, 3.05) is 18.5 Å². The van der Waals surface area contributed by atoms with Crippen molar-refractivity contribution < 1.29 is 23.8 Å². The second-order valence-corrected chi connectivity index (χ2v) is 8.13. The van der Waals surface area contributed by atoms with Crippen LogP contribution in [0.4, 0.5) is 5.69 Å². The van der Waals surface area contributed by atoms with Gasteiger partial charge in [-0.1, -0.05) is 13.3 Å². The first kappa shape index (κ1) is 21.6. The van der Waals surface area contributed by atoms with Crippen LogP contribution in [0.25, 0.3) is 0 Å². The molecule has 2 saturated carbocycles. The lowest BCUT2D eigenvalue weighted by atomic mass is 9.59. The minimum absolute atomic E-state index is 0.159. The van der Waals surface area contributed by atoms with Gasteiger partial charge in [-0.3, -0.25) is 4.79 Å². The van der Waals surface area contributed by atoms with Crippen molar-refractivity contribution >= 4 is 17.6 Å². The highest BCUT2D eigenvalue weighted by Gasteiger charge is 2.46. The third-order valence-electron chi connectivity index (χ3n) is 5.91. The summed E-state index contributed by atoms with van der Waals surface area (Å²) in [6.45, 7) is 4.89. The van der Waals surface area contributed by atoms with Gasteiger partial charge in [0.2, 0.25) is 5.88 Å². The lowest BCUT2D eigenvalue weighted by Gasteiger charge is -2.51. The molecule has 160 valence electrons. The van der Waals surface area contributed by atoms with Crippen LogP contribution in [-0.4, -0.2) is 42.3 Å². The number of aromatic nitrogens is 1. The first-order chi connectivity index (χ1) is 14.0. The topological polar surface area (TPSA) is 86.8 Å². The molecule has 0 aliphatic heterocycles. The Balaban J connectivity index is 1.39. The number of carbonyl (C=O) groups is 2. The molecule has 29 heavy (non-hydrogen) atoms. The summed E-state index contributed by atoms with van der Waals surface area (Å²) >= 11 is 0. The Labute approximate surface area is 172 Å². The van der Waals surface area contributed by atoms with Crippen LogP contribution >= 0.6 is 0 Å². The first-order valence-electron chi connectivity index (χ1n) is 10.8. The molecule has 0 unspecified atom stereocenters. The van der Waals surface area contributed by atoms with Gasteiger partial charge in [-0.05, 0) is 63.4 Å². The number of unbranched alkanes of at least 4 members (excludes halogenated alkanes) is 1. The van der Waals surface area contributed by atoms with E-state index >= 15 is 0 Å². The molecule has 2 aliphatic rings. The Morgan fingerprint density at radius 3 is 2.55 bits per heavy atom. The zero-order valence-electron chi connectivity index (χ0n) is 17.4. The van der Waals surface area contributed by atoms with Gasteiger partial charge in [0.05, 0.1) is 24.6 Å². The molecule has 1 heterocycles. The Kier molecular flexibility index (Phi) is 7.47. The molecule has 2 fully saturated rings. The van der Waals surface area contributed by atoms with Gasteiger partial charge in [-0.2, -0.15) is 0 Å². The summed E-state index contributed by atoms with van der Waals surface area (Å²) < 4.78 is 16.6. The summed E-state index contributed by atoms with van der Waals surface area (Å²) in [6.07, 6.45) is 11.3. The smallest absolute Gasteiger partial charge is 0.397 e. The fraction of sp³-hybridized carbons (Fsp3) is 0.682. The molecular weight excluding hydrogens is 372 g/mol. The van der Waals surface area contributed by atoms with E-state index in [4.69, 9.17) is 9.47 Å². The second-order valence-electron chi connectivity index (χ2n) is 8.13. The average molecular weight is 405 g/mol. The van der Waals surface area contributed by atoms with E-state index in [0.29, 0.717) is 23.1 Å². The number of pyridine rings is 1. The SMILES string of the molecule is CCCCOC1CC2(CCC(Oc3ccc(NC(=O)C(=O)OCC)cn3)CC2)C1. The predicted molar refractivity (Wildman–Crippen MR) is 109 cm³/mol. The minimum atomic E-state index is -0.905. The van der Waals surface area contributed by atoms with Crippen molar-refractivity contribution in [3.8, 4) is 5.88 Å². The number of hydrogen-bond donors (Lipinski definition) is 1. The molecule has 7 heteroatoms. The standard InChI is InChI=1S/C22H32N2O5/c1-3-5-12-28-18-13-22(14-18)10-8-17(9-11-22)29-19-7-6-16(15-23-19)24-20(25)21(26)27-4-2/h6-7,15,17-18H,3-5,8-14H2,1-2H3,(H,24,25). The zero-order valence-corrected chi connectivity index (χ0v) is 17.4. The summed E-state index contributed by atoms with van der Waals surface area (Å²) in [7, 11) is 0. The monoisotopic (exact) mass is 404 g/mol. The van der Waals surface area contributed by atoms with E-state index in [-0.39, 0.29) is 12.7 Å². The van der Waals surface area contributed by atoms with Gasteiger partial charge in [-0.25, -0.2) is 9.78 Å². The lowest BCUT2D eigenvalue weighted by Crippen LogP contribution is -2.46. The molecule has 7 nitrogen and oxygen atoms in total. The molecule has 0 bridgehead atoms. The first-order valence-corrected chi connectivity index (χ1v) is 10.8. The summed E-state index contributed by atoms with van der Waals surface area (Å²) in [5.41, 5.74) is 0.896. The molecule has 1 aromatic rings. The number of rotatable bonds is 8. The largest absolute Gasteiger partial charge is 0.474 e. The lowest BCUT2D eigenvalue weighted by molar-refractivity contribution is -0.152. The highest BCUT2D eigenvalue weighted by Crippen LogP contribution is 2.53. The van der Waals surface area contributed by atoms with Gasteiger partial charge in [0.25, 0.3) is 0 Å². The molecule has 0 saturated heterocycles. The van der Waals surface area contributed by atoms with Crippen LogP contribution < -0.4 is 10.1 Å². The zero-order chi connectivity index (χ0) is 20.7. The maximum absolute atomic E-state index is 11.6. The van der Waals surface area contributed by atoms with E-state index in [2.05, 4.69) is 22.0 Å². The van der Waals surface area contributed by atoms with Gasteiger partial charge in [0.15, 0.2) is 0 Å². The number of nitrogens with one attached hydrogen (secondary N) is 1. The number of anilines is 1. The maximum atomic E-state index is 11.6. The normalized spacial score (nSPS) is 25.9. The van der Waals surface area contributed by atoms with Crippen molar-refractivity contribution in [3.05, 3.63) is 18.3 Å². The average Bonchev–Trinajstić information content (AvgIpc) is 2.70.